The number of hydrogen-bond acceptors (Lipinski definition) is 4. The molecule has 2 aliphatic rings. The zero-order valence-electron chi connectivity index (χ0n) is 16.4. The zero-order valence-corrected chi connectivity index (χ0v) is 16.4. The van der Waals surface area contributed by atoms with Crippen molar-refractivity contribution in [3.8, 4) is 0 Å². The molecule has 146 valence electrons. The molecule has 2 fully saturated rings. The van der Waals surface area contributed by atoms with Crippen LogP contribution in [-0.4, -0.2) is 81.3 Å². The number of guanidine groups is 1. The van der Waals surface area contributed by atoms with Crippen LogP contribution in [0.15, 0.2) is 4.99 Å². The normalized spacial score (nSPS) is 26.7. The molecule has 0 amide bonds. The highest BCUT2D eigenvalue weighted by molar-refractivity contribution is 5.77. The van der Waals surface area contributed by atoms with E-state index < -0.39 is 0 Å². The minimum absolute atomic E-state index is 0.599. The molecule has 0 spiro atoms. The second-order valence-corrected chi connectivity index (χ2v) is 7.91. The minimum Gasteiger partial charge on any atom is -0.379 e. The summed E-state index contributed by atoms with van der Waals surface area (Å²) in [6.45, 7) is 15.1. The summed E-state index contributed by atoms with van der Waals surface area (Å²) in [6.07, 6.45) is 4.84. The summed E-state index contributed by atoms with van der Waals surface area (Å²) in [5.41, 5.74) is 5.95. The SMILES string of the molecule is CC1CC(C)CN(CCCCNC(N)=NCCCN2CCOCC2)C1. The van der Waals surface area contributed by atoms with Crippen molar-refractivity contribution in [3.63, 3.8) is 0 Å². The molecule has 6 heteroatoms. The maximum Gasteiger partial charge on any atom is 0.188 e. The highest BCUT2D eigenvalue weighted by atomic mass is 16.5. The van der Waals surface area contributed by atoms with Gasteiger partial charge in [-0.2, -0.15) is 0 Å². The second-order valence-electron chi connectivity index (χ2n) is 7.91. The van der Waals surface area contributed by atoms with Gasteiger partial charge in [0.2, 0.25) is 0 Å². The van der Waals surface area contributed by atoms with Gasteiger partial charge in [0.05, 0.1) is 13.2 Å². The third-order valence-corrected chi connectivity index (χ3v) is 5.17. The number of morpholine rings is 1. The van der Waals surface area contributed by atoms with E-state index >= 15 is 0 Å². The quantitative estimate of drug-likeness (QED) is 0.372. The highest BCUT2D eigenvalue weighted by Gasteiger charge is 2.20. The van der Waals surface area contributed by atoms with E-state index in [0.29, 0.717) is 5.96 Å². The fourth-order valence-electron chi connectivity index (χ4n) is 4.03. The summed E-state index contributed by atoms with van der Waals surface area (Å²) in [7, 11) is 0. The van der Waals surface area contributed by atoms with Crippen LogP contribution in [0, 0.1) is 11.8 Å². The fraction of sp³-hybridized carbons (Fsp3) is 0.947. The molecular weight excluding hydrogens is 314 g/mol. The van der Waals surface area contributed by atoms with Crippen molar-refractivity contribution in [3.05, 3.63) is 0 Å². The topological polar surface area (TPSA) is 66.1 Å². The zero-order chi connectivity index (χ0) is 17.9. The van der Waals surface area contributed by atoms with Crippen molar-refractivity contribution in [2.24, 2.45) is 22.6 Å². The van der Waals surface area contributed by atoms with Gasteiger partial charge in [0.1, 0.15) is 0 Å². The lowest BCUT2D eigenvalue weighted by Gasteiger charge is -2.34. The van der Waals surface area contributed by atoms with Crippen LogP contribution in [0.3, 0.4) is 0 Å². The molecule has 2 unspecified atom stereocenters. The van der Waals surface area contributed by atoms with Crippen LogP contribution in [-0.2, 0) is 4.74 Å². The Labute approximate surface area is 154 Å². The number of ether oxygens (including phenoxy) is 1. The van der Waals surface area contributed by atoms with E-state index in [4.69, 9.17) is 10.5 Å². The van der Waals surface area contributed by atoms with E-state index in [0.717, 1.165) is 70.6 Å². The Bertz CT molecular complexity index is 374. The van der Waals surface area contributed by atoms with Crippen LogP contribution in [0.2, 0.25) is 0 Å². The van der Waals surface area contributed by atoms with Crippen molar-refractivity contribution < 1.29 is 4.74 Å². The lowest BCUT2D eigenvalue weighted by atomic mass is 9.92. The Morgan fingerprint density at radius 2 is 1.72 bits per heavy atom. The number of nitrogens with one attached hydrogen (secondary N) is 1. The van der Waals surface area contributed by atoms with Crippen molar-refractivity contribution in [1.29, 1.82) is 0 Å². The van der Waals surface area contributed by atoms with E-state index in [1.165, 1.54) is 32.5 Å². The molecule has 2 atom stereocenters. The van der Waals surface area contributed by atoms with E-state index in [9.17, 15) is 0 Å². The minimum atomic E-state index is 0.599. The molecule has 0 bridgehead atoms. The molecule has 25 heavy (non-hydrogen) atoms. The Hall–Kier alpha value is -0.850. The number of nitrogens with zero attached hydrogens (tertiary/aromatic N) is 3. The Kier molecular flexibility index (Phi) is 9.58. The summed E-state index contributed by atoms with van der Waals surface area (Å²) in [5, 5.41) is 3.25. The molecule has 2 rings (SSSR count). The van der Waals surface area contributed by atoms with Crippen LogP contribution in [0.1, 0.15) is 39.5 Å². The third kappa shape index (κ3) is 8.88. The Morgan fingerprint density at radius 3 is 2.44 bits per heavy atom. The number of unbranched alkanes of at least 4 members (excludes halogenated alkanes) is 1. The summed E-state index contributed by atoms with van der Waals surface area (Å²) < 4.78 is 5.36. The molecule has 3 N–H and O–H groups in total. The maximum atomic E-state index is 5.95. The molecule has 0 aliphatic carbocycles. The van der Waals surface area contributed by atoms with Crippen molar-refractivity contribution in [1.82, 2.24) is 15.1 Å². The molecule has 2 heterocycles. The first-order valence-corrected chi connectivity index (χ1v) is 10.2. The first-order valence-electron chi connectivity index (χ1n) is 10.2. The van der Waals surface area contributed by atoms with Gasteiger partial charge in [-0.05, 0) is 44.1 Å². The van der Waals surface area contributed by atoms with E-state index in [1.54, 1.807) is 0 Å². The number of hydrogen-bond donors (Lipinski definition) is 2. The van der Waals surface area contributed by atoms with Crippen LogP contribution < -0.4 is 11.1 Å². The van der Waals surface area contributed by atoms with Gasteiger partial charge in [-0.15, -0.1) is 0 Å². The number of nitrogens with two attached hydrogens (primary N) is 1. The van der Waals surface area contributed by atoms with Crippen LogP contribution >= 0.6 is 0 Å². The number of likely N-dealkylation sites (tertiary alicyclic amines) is 1. The van der Waals surface area contributed by atoms with Gasteiger partial charge in [0.25, 0.3) is 0 Å². The van der Waals surface area contributed by atoms with Crippen LogP contribution in [0.5, 0.6) is 0 Å². The number of rotatable bonds is 9. The van der Waals surface area contributed by atoms with Gasteiger partial charge in [-0.1, -0.05) is 13.8 Å². The lowest BCUT2D eigenvalue weighted by Crippen LogP contribution is -2.39. The van der Waals surface area contributed by atoms with Crippen molar-refractivity contribution in [2.45, 2.75) is 39.5 Å². The van der Waals surface area contributed by atoms with Gasteiger partial charge in [-0.3, -0.25) is 9.89 Å². The monoisotopic (exact) mass is 353 g/mol. The largest absolute Gasteiger partial charge is 0.379 e. The molecule has 6 nitrogen and oxygen atoms in total. The van der Waals surface area contributed by atoms with Gasteiger partial charge >= 0.3 is 0 Å². The molecule has 2 saturated heterocycles. The average molecular weight is 354 g/mol. The molecule has 0 radical (unpaired) electrons. The van der Waals surface area contributed by atoms with Crippen molar-refractivity contribution >= 4 is 5.96 Å². The second kappa shape index (κ2) is 11.7. The summed E-state index contributed by atoms with van der Waals surface area (Å²) in [4.78, 5) is 9.49. The van der Waals surface area contributed by atoms with Gasteiger partial charge in [-0.25, -0.2) is 0 Å². The van der Waals surface area contributed by atoms with Crippen LogP contribution in [0.25, 0.3) is 0 Å². The Balaban J connectivity index is 1.45. The smallest absolute Gasteiger partial charge is 0.188 e. The van der Waals surface area contributed by atoms with Gasteiger partial charge in [0, 0.05) is 45.8 Å². The van der Waals surface area contributed by atoms with E-state index in [1.807, 2.05) is 0 Å². The third-order valence-electron chi connectivity index (χ3n) is 5.17. The fourth-order valence-corrected chi connectivity index (χ4v) is 4.03. The van der Waals surface area contributed by atoms with E-state index in [2.05, 4.69) is 34.0 Å². The molecule has 0 aromatic carbocycles. The summed E-state index contributed by atoms with van der Waals surface area (Å²) >= 11 is 0. The molecule has 2 aliphatic heterocycles. The van der Waals surface area contributed by atoms with Gasteiger partial charge in [0.15, 0.2) is 5.96 Å². The summed E-state index contributed by atoms with van der Waals surface area (Å²) in [5.74, 6) is 2.30. The Morgan fingerprint density at radius 1 is 1.04 bits per heavy atom. The number of piperidine rings is 1. The van der Waals surface area contributed by atoms with Crippen molar-refractivity contribution in [2.75, 3.05) is 65.6 Å². The van der Waals surface area contributed by atoms with Gasteiger partial charge < -0.3 is 20.7 Å². The first kappa shape index (κ1) is 20.5. The molecule has 0 aromatic heterocycles. The predicted octanol–water partition coefficient (Wildman–Crippen LogP) is 1.37. The molecule has 0 aromatic rings. The number of aliphatic imine (C=N–C) groups is 1. The first-order chi connectivity index (χ1) is 12.1. The average Bonchev–Trinajstić information content (AvgIpc) is 2.58. The van der Waals surface area contributed by atoms with Crippen LogP contribution in [0.4, 0.5) is 0 Å². The lowest BCUT2D eigenvalue weighted by molar-refractivity contribution is 0.0377. The van der Waals surface area contributed by atoms with E-state index in [-0.39, 0.29) is 0 Å². The predicted molar refractivity (Wildman–Crippen MR) is 105 cm³/mol. The molecule has 0 saturated carbocycles. The highest BCUT2D eigenvalue weighted by Crippen LogP contribution is 2.20. The molecular formula is C19H39N5O. The standard InChI is InChI=1S/C19H39N5O/c1-17-14-18(2)16-24(15-17)8-4-3-6-21-19(20)22-7-5-9-23-10-12-25-13-11-23/h17-18H,3-16H2,1-2H3,(H3,20,21,22). The summed E-state index contributed by atoms with van der Waals surface area (Å²) in [6, 6.07) is 0. The maximum absolute atomic E-state index is 5.95.